The Bertz CT molecular complexity index is 970. The van der Waals surface area contributed by atoms with E-state index in [4.69, 9.17) is 16.3 Å². The summed E-state index contributed by atoms with van der Waals surface area (Å²) in [6.45, 7) is 3.30. The number of carbonyl (C=O) groups excluding carboxylic acids is 2. The fourth-order valence-corrected chi connectivity index (χ4v) is 2.61. The van der Waals surface area contributed by atoms with E-state index in [0.717, 1.165) is 11.1 Å². The molecule has 1 heterocycles. The van der Waals surface area contributed by atoms with E-state index >= 15 is 0 Å². The standard InChI is InChI=1S/C20H18ClN3O3/c1-12-15(21)9-6-10-16(12)22-19(25)13(2)27-20(26)18-11-17(23-24-18)14-7-4-3-5-8-14/h3-11,13H,1-2H3,(H,22,25)(H,23,24)/t13-/m1/s1. The summed E-state index contributed by atoms with van der Waals surface area (Å²) in [6.07, 6.45) is -0.987. The van der Waals surface area contributed by atoms with Gasteiger partial charge in [-0.1, -0.05) is 48.0 Å². The molecule has 0 radical (unpaired) electrons. The highest BCUT2D eigenvalue weighted by Crippen LogP contribution is 2.23. The van der Waals surface area contributed by atoms with Crippen LogP contribution in [0.25, 0.3) is 11.3 Å². The quantitative estimate of drug-likeness (QED) is 0.646. The summed E-state index contributed by atoms with van der Waals surface area (Å²) >= 11 is 6.05. The minimum atomic E-state index is -0.987. The van der Waals surface area contributed by atoms with Gasteiger partial charge < -0.3 is 10.1 Å². The predicted octanol–water partition coefficient (Wildman–Crippen LogP) is 4.22. The van der Waals surface area contributed by atoms with Crippen LogP contribution in [0.1, 0.15) is 23.0 Å². The largest absolute Gasteiger partial charge is 0.448 e. The molecule has 0 saturated heterocycles. The number of esters is 1. The van der Waals surface area contributed by atoms with Crippen LogP contribution in [-0.4, -0.2) is 28.2 Å². The van der Waals surface area contributed by atoms with Crippen LogP contribution >= 0.6 is 11.6 Å². The van der Waals surface area contributed by atoms with Crippen molar-refractivity contribution in [2.24, 2.45) is 0 Å². The first-order valence-electron chi connectivity index (χ1n) is 8.33. The average Bonchev–Trinajstić information content (AvgIpc) is 3.16. The van der Waals surface area contributed by atoms with Gasteiger partial charge in [0, 0.05) is 16.3 Å². The third-order valence-corrected chi connectivity index (χ3v) is 4.46. The number of halogens is 1. The number of rotatable bonds is 5. The third kappa shape index (κ3) is 4.35. The normalized spacial score (nSPS) is 11.7. The number of ether oxygens (including phenoxy) is 1. The van der Waals surface area contributed by atoms with Crippen LogP contribution in [0.5, 0.6) is 0 Å². The number of amides is 1. The van der Waals surface area contributed by atoms with Crippen LogP contribution in [0.15, 0.2) is 54.6 Å². The molecule has 2 N–H and O–H groups in total. The number of anilines is 1. The van der Waals surface area contributed by atoms with E-state index in [1.54, 1.807) is 31.2 Å². The van der Waals surface area contributed by atoms with Gasteiger partial charge in [-0.2, -0.15) is 5.10 Å². The van der Waals surface area contributed by atoms with E-state index in [9.17, 15) is 9.59 Å². The second kappa shape index (κ2) is 8.05. The van der Waals surface area contributed by atoms with Gasteiger partial charge in [-0.05, 0) is 37.6 Å². The fourth-order valence-electron chi connectivity index (χ4n) is 2.44. The zero-order valence-electron chi connectivity index (χ0n) is 14.8. The Balaban J connectivity index is 1.64. The molecule has 0 aliphatic rings. The van der Waals surface area contributed by atoms with E-state index in [-0.39, 0.29) is 5.69 Å². The number of H-pyrrole nitrogens is 1. The van der Waals surface area contributed by atoms with Gasteiger partial charge in [0.25, 0.3) is 5.91 Å². The van der Waals surface area contributed by atoms with Crippen LogP contribution < -0.4 is 5.32 Å². The highest BCUT2D eigenvalue weighted by molar-refractivity contribution is 6.31. The Labute approximate surface area is 161 Å². The van der Waals surface area contributed by atoms with Gasteiger partial charge in [-0.25, -0.2) is 4.79 Å². The first kappa shape index (κ1) is 18.7. The van der Waals surface area contributed by atoms with Crippen molar-refractivity contribution in [3.63, 3.8) is 0 Å². The molecule has 0 aliphatic heterocycles. The molecular weight excluding hydrogens is 366 g/mol. The first-order chi connectivity index (χ1) is 13.0. The van der Waals surface area contributed by atoms with E-state index < -0.39 is 18.0 Å². The Hall–Kier alpha value is -3.12. The van der Waals surface area contributed by atoms with E-state index in [0.29, 0.717) is 16.4 Å². The summed E-state index contributed by atoms with van der Waals surface area (Å²) in [5.74, 6) is -1.10. The molecular formula is C20H18ClN3O3. The predicted molar refractivity (Wildman–Crippen MR) is 104 cm³/mol. The Morgan fingerprint density at radius 1 is 1.15 bits per heavy atom. The summed E-state index contributed by atoms with van der Waals surface area (Å²) in [5.41, 5.74) is 2.98. The molecule has 0 fully saturated rings. The van der Waals surface area contributed by atoms with Crippen molar-refractivity contribution >= 4 is 29.2 Å². The van der Waals surface area contributed by atoms with Crippen molar-refractivity contribution in [2.45, 2.75) is 20.0 Å². The summed E-state index contributed by atoms with van der Waals surface area (Å²) in [4.78, 5) is 24.6. The molecule has 0 unspecified atom stereocenters. The molecule has 1 atom stereocenters. The molecule has 3 aromatic rings. The molecule has 7 heteroatoms. The van der Waals surface area contributed by atoms with Crippen molar-refractivity contribution in [1.29, 1.82) is 0 Å². The molecule has 0 aliphatic carbocycles. The van der Waals surface area contributed by atoms with Gasteiger partial charge in [0.15, 0.2) is 6.10 Å². The van der Waals surface area contributed by atoms with Gasteiger partial charge >= 0.3 is 5.97 Å². The third-order valence-electron chi connectivity index (χ3n) is 4.05. The lowest BCUT2D eigenvalue weighted by Crippen LogP contribution is -2.30. The molecule has 0 spiro atoms. The second-order valence-electron chi connectivity index (χ2n) is 5.98. The van der Waals surface area contributed by atoms with Crippen molar-refractivity contribution in [3.8, 4) is 11.3 Å². The number of benzene rings is 2. The maximum absolute atomic E-state index is 12.3. The summed E-state index contributed by atoms with van der Waals surface area (Å²) < 4.78 is 5.23. The first-order valence-corrected chi connectivity index (χ1v) is 8.71. The van der Waals surface area contributed by atoms with Gasteiger partial charge in [0.2, 0.25) is 0 Å². The summed E-state index contributed by atoms with van der Waals surface area (Å²) in [7, 11) is 0. The molecule has 2 aromatic carbocycles. The van der Waals surface area contributed by atoms with Crippen LogP contribution in [0, 0.1) is 6.92 Å². The minimum Gasteiger partial charge on any atom is -0.448 e. The maximum atomic E-state index is 12.3. The van der Waals surface area contributed by atoms with E-state index in [2.05, 4.69) is 15.5 Å². The fraction of sp³-hybridized carbons (Fsp3) is 0.150. The Kier molecular flexibility index (Phi) is 5.57. The molecule has 27 heavy (non-hydrogen) atoms. The minimum absolute atomic E-state index is 0.174. The molecule has 138 valence electrons. The van der Waals surface area contributed by atoms with Crippen molar-refractivity contribution < 1.29 is 14.3 Å². The van der Waals surface area contributed by atoms with Gasteiger partial charge in [0.1, 0.15) is 5.69 Å². The van der Waals surface area contributed by atoms with Gasteiger partial charge in [-0.15, -0.1) is 0 Å². The number of nitrogens with one attached hydrogen (secondary N) is 2. The molecule has 3 rings (SSSR count). The summed E-state index contributed by atoms with van der Waals surface area (Å²) in [6, 6.07) is 16.2. The number of aromatic nitrogens is 2. The zero-order chi connectivity index (χ0) is 19.4. The molecule has 6 nitrogen and oxygen atoms in total. The summed E-state index contributed by atoms with van der Waals surface area (Å²) in [5, 5.41) is 10.0. The lowest BCUT2D eigenvalue weighted by atomic mass is 10.1. The lowest BCUT2D eigenvalue weighted by Gasteiger charge is -2.14. The van der Waals surface area contributed by atoms with Crippen molar-refractivity contribution in [3.05, 3.63) is 70.9 Å². The van der Waals surface area contributed by atoms with Gasteiger partial charge in [-0.3, -0.25) is 9.89 Å². The number of aromatic amines is 1. The number of hydrogen-bond donors (Lipinski definition) is 2. The van der Waals surface area contributed by atoms with Crippen LogP contribution in [0.4, 0.5) is 5.69 Å². The SMILES string of the molecule is Cc1c(Cl)cccc1NC(=O)[C@@H](C)OC(=O)c1cc(-c2ccccc2)n[nH]1. The Morgan fingerprint density at radius 3 is 2.63 bits per heavy atom. The zero-order valence-corrected chi connectivity index (χ0v) is 15.6. The highest BCUT2D eigenvalue weighted by atomic mass is 35.5. The number of hydrogen-bond acceptors (Lipinski definition) is 4. The number of carbonyl (C=O) groups is 2. The van der Waals surface area contributed by atoms with E-state index in [1.807, 2.05) is 30.3 Å². The monoisotopic (exact) mass is 383 g/mol. The van der Waals surface area contributed by atoms with Gasteiger partial charge in [0.05, 0.1) is 5.69 Å². The Morgan fingerprint density at radius 2 is 1.89 bits per heavy atom. The molecule has 1 aromatic heterocycles. The smallest absolute Gasteiger partial charge is 0.357 e. The average molecular weight is 384 g/mol. The maximum Gasteiger partial charge on any atom is 0.357 e. The second-order valence-corrected chi connectivity index (χ2v) is 6.39. The topological polar surface area (TPSA) is 84.1 Å². The number of nitrogens with zero attached hydrogens (tertiary/aromatic N) is 1. The van der Waals surface area contributed by atoms with E-state index in [1.165, 1.54) is 6.92 Å². The van der Waals surface area contributed by atoms with Crippen molar-refractivity contribution in [1.82, 2.24) is 10.2 Å². The molecule has 0 bridgehead atoms. The lowest BCUT2D eigenvalue weighted by molar-refractivity contribution is -0.123. The molecule has 1 amide bonds. The van der Waals surface area contributed by atoms with Crippen LogP contribution in [-0.2, 0) is 9.53 Å². The molecule has 0 saturated carbocycles. The highest BCUT2D eigenvalue weighted by Gasteiger charge is 2.21. The van der Waals surface area contributed by atoms with Crippen LogP contribution in [0.2, 0.25) is 5.02 Å². The van der Waals surface area contributed by atoms with Crippen molar-refractivity contribution in [2.75, 3.05) is 5.32 Å². The van der Waals surface area contributed by atoms with Crippen LogP contribution in [0.3, 0.4) is 0 Å².